The predicted octanol–water partition coefficient (Wildman–Crippen LogP) is -0.0529. The number of nitrogens with zero attached hydrogens (tertiary/aromatic N) is 4. The molecule has 0 N–H and O–H groups in total. The summed E-state index contributed by atoms with van der Waals surface area (Å²) in [4.78, 5) is 21.8. The van der Waals surface area contributed by atoms with Gasteiger partial charge in [-0.1, -0.05) is 0 Å². The molecule has 6 heteroatoms. The highest BCUT2D eigenvalue weighted by molar-refractivity contribution is 5.76. The Morgan fingerprint density at radius 1 is 1.04 bits per heavy atom. The van der Waals surface area contributed by atoms with Crippen LogP contribution in [0.5, 0.6) is 0 Å². The van der Waals surface area contributed by atoms with Crippen LogP contribution >= 0.6 is 0 Å². The van der Waals surface area contributed by atoms with Gasteiger partial charge in [-0.2, -0.15) is 0 Å². The maximum atomic E-state index is 12.4. The quantitative estimate of drug-likeness (QED) is 0.725. The zero-order chi connectivity index (χ0) is 16.1. The number of morpholine rings is 1. The Bertz CT molecular complexity index is 379. The first-order valence-electron chi connectivity index (χ1n) is 9.23. The molecule has 0 aromatic carbocycles. The summed E-state index contributed by atoms with van der Waals surface area (Å²) in [5, 5.41) is 0. The number of likely N-dealkylation sites (tertiary alicyclic amines) is 1. The Labute approximate surface area is 140 Å². The van der Waals surface area contributed by atoms with Crippen molar-refractivity contribution < 1.29 is 9.53 Å². The lowest BCUT2D eigenvalue weighted by Crippen LogP contribution is -2.52. The molecule has 0 bridgehead atoms. The summed E-state index contributed by atoms with van der Waals surface area (Å²) in [7, 11) is 2.13. The van der Waals surface area contributed by atoms with Crippen molar-refractivity contribution >= 4 is 5.91 Å². The summed E-state index contributed by atoms with van der Waals surface area (Å²) in [5.41, 5.74) is 0. The van der Waals surface area contributed by atoms with Crippen molar-refractivity contribution in [2.45, 2.75) is 25.3 Å². The molecule has 0 aliphatic carbocycles. The molecule has 6 nitrogen and oxygen atoms in total. The molecule has 132 valence electrons. The second-order valence-electron chi connectivity index (χ2n) is 7.18. The minimum Gasteiger partial charge on any atom is -0.379 e. The average Bonchev–Trinajstić information content (AvgIpc) is 2.61. The zero-order valence-electron chi connectivity index (χ0n) is 14.6. The van der Waals surface area contributed by atoms with E-state index in [1.54, 1.807) is 0 Å². The lowest BCUT2D eigenvalue weighted by Gasteiger charge is -2.41. The number of likely N-dealkylation sites (N-methyl/N-ethyl adjacent to an activating group) is 1. The van der Waals surface area contributed by atoms with Gasteiger partial charge in [-0.3, -0.25) is 9.69 Å². The van der Waals surface area contributed by atoms with E-state index in [-0.39, 0.29) is 0 Å². The molecule has 3 fully saturated rings. The monoisotopic (exact) mass is 324 g/mol. The van der Waals surface area contributed by atoms with Crippen molar-refractivity contribution in [3.63, 3.8) is 0 Å². The Kier molecular flexibility index (Phi) is 6.28. The van der Waals surface area contributed by atoms with Crippen LogP contribution in [0.4, 0.5) is 0 Å². The molecular formula is C17H32N4O2. The van der Waals surface area contributed by atoms with Crippen molar-refractivity contribution in [1.29, 1.82) is 0 Å². The number of piperidine rings is 1. The third-order valence-corrected chi connectivity index (χ3v) is 5.54. The predicted molar refractivity (Wildman–Crippen MR) is 90.5 cm³/mol. The Morgan fingerprint density at radius 2 is 1.78 bits per heavy atom. The van der Waals surface area contributed by atoms with Gasteiger partial charge < -0.3 is 19.4 Å². The average molecular weight is 324 g/mol. The van der Waals surface area contributed by atoms with E-state index in [9.17, 15) is 4.79 Å². The van der Waals surface area contributed by atoms with Gasteiger partial charge in [-0.25, -0.2) is 0 Å². The van der Waals surface area contributed by atoms with E-state index in [0.717, 1.165) is 72.1 Å². The van der Waals surface area contributed by atoms with Crippen LogP contribution in [-0.4, -0.2) is 111 Å². The molecule has 3 saturated heterocycles. The first-order chi connectivity index (χ1) is 11.2. The van der Waals surface area contributed by atoms with Gasteiger partial charge in [0, 0.05) is 64.8 Å². The highest BCUT2D eigenvalue weighted by Crippen LogP contribution is 2.17. The molecule has 1 amide bonds. The molecule has 0 radical (unpaired) electrons. The summed E-state index contributed by atoms with van der Waals surface area (Å²) in [5.74, 6) is 0.339. The zero-order valence-corrected chi connectivity index (χ0v) is 14.6. The number of hydrogen-bond acceptors (Lipinski definition) is 5. The normalized spacial score (nSPS) is 28.9. The second kappa shape index (κ2) is 8.42. The van der Waals surface area contributed by atoms with Gasteiger partial charge in [-0.05, 0) is 26.4 Å². The highest BCUT2D eigenvalue weighted by atomic mass is 16.5. The number of carbonyl (C=O) groups is 1. The minimum absolute atomic E-state index is 0.339. The highest BCUT2D eigenvalue weighted by Gasteiger charge is 2.27. The van der Waals surface area contributed by atoms with Gasteiger partial charge in [0.25, 0.3) is 0 Å². The fourth-order valence-corrected chi connectivity index (χ4v) is 3.94. The third-order valence-electron chi connectivity index (χ3n) is 5.54. The van der Waals surface area contributed by atoms with E-state index >= 15 is 0 Å². The topological polar surface area (TPSA) is 39.3 Å². The summed E-state index contributed by atoms with van der Waals surface area (Å²) in [6.07, 6.45) is 3.23. The van der Waals surface area contributed by atoms with Crippen molar-refractivity contribution in [2.24, 2.45) is 0 Å². The van der Waals surface area contributed by atoms with Crippen molar-refractivity contribution in [3.8, 4) is 0 Å². The Hall–Kier alpha value is -0.690. The molecule has 3 heterocycles. The van der Waals surface area contributed by atoms with E-state index in [4.69, 9.17) is 4.74 Å². The Morgan fingerprint density at radius 3 is 2.52 bits per heavy atom. The van der Waals surface area contributed by atoms with E-state index < -0.39 is 0 Å². The van der Waals surface area contributed by atoms with E-state index in [1.165, 1.54) is 12.8 Å². The molecule has 23 heavy (non-hydrogen) atoms. The number of carbonyl (C=O) groups excluding carboxylic acids is 1. The molecule has 0 aromatic heterocycles. The minimum atomic E-state index is 0.339. The number of ether oxygens (including phenoxy) is 1. The summed E-state index contributed by atoms with van der Waals surface area (Å²) < 4.78 is 5.46. The van der Waals surface area contributed by atoms with E-state index in [2.05, 4.69) is 21.7 Å². The summed E-state index contributed by atoms with van der Waals surface area (Å²) in [6, 6.07) is 0.659. The van der Waals surface area contributed by atoms with Crippen LogP contribution < -0.4 is 0 Å². The number of amides is 1. The first kappa shape index (κ1) is 17.1. The van der Waals surface area contributed by atoms with Gasteiger partial charge in [-0.15, -0.1) is 0 Å². The van der Waals surface area contributed by atoms with Gasteiger partial charge in [0.05, 0.1) is 13.2 Å². The van der Waals surface area contributed by atoms with Gasteiger partial charge in [0.2, 0.25) is 5.91 Å². The van der Waals surface area contributed by atoms with Crippen LogP contribution in [0.3, 0.4) is 0 Å². The molecule has 3 aliphatic heterocycles. The molecule has 0 unspecified atom stereocenters. The first-order valence-corrected chi connectivity index (χ1v) is 9.23. The lowest BCUT2D eigenvalue weighted by molar-refractivity contribution is -0.133. The Balaban J connectivity index is 1.40. The molecule has 1 atom stereocenters. The van der Waals surface area contributed by atoms with E-state index in [0.29, 0.717) is 18.4 Å². The van der Waals surface area contributed by atoms with Crippen LogP contribution in [0, 0.1) is 0 Å². The molecule has 0 aromatic rings. The van der Waals surface area contributed by atoms with Crippen LogP contribution in [-0.2, 0) is 9.53 Å². The fraction of sp³-hybridized carbons (Fsp3) is 0.941. The van der Waals surface area contributed by atoms with Crippen LogP contribution in [0.1, 0.15) is 19.3 Å². The maximum absolute atomic E-state index is 12.4. The number of rotatable bonds is 4. The molecule has 0 spiro atoms. The number of hydrogen-bond donors (Lipinski definition) is 0. The van der Waals surface area contributed by atoms with Crippen molar-refractivity contribution in [2.75, 3.05) is 79.2 Å². The summed E-state index contributed by atoms with van der Waals surface area (Å²) in [6.45, 7) is 10.9. The largest absolute Gasteiger partial charge is 0.379 e. The molecular weight excluding hydrogens is 292 g/mol. The second-order valence-corrected chi connectivity index (χ2v) is 7.18. The van der Waals surface area contributed by atoms with E-state index in [1.807, 2.05) is 4.90 Å². The molecule has 0 saturated carbocycles. The van der Waals surface area contributed by atoms with Crippen LogP contribution in [0.15, 0.2) is 0 Å². The number of piperazine rings is 1. The SMILES string of the molecule is CN1CCN(C(=O)CCN2CCC[C@H](N3CCOCC3)C2)CC1. The fourth-order valence-electron chi connectivity index (χ4n) is 3.94. The standard InChI is InChI=1S/C17H32N4O2/c1-18-7-9-21(10-8-18)17(22)4-6-19-5-2-3-16(15-19)20-11-13-23-14-12-20/h16H,2-15H2,1H3/t16-/m0/s1. The van der Waals surface area contributed by atoms with Crippen LogP contribution in [0.2, 0.25) is 0 Å². The van der Waals surface area contributed by atoms with Gasteiger partial charge in [0.1, 0.15) is 0 Å². The van der Waals surface area contributed by atoms with Crippen LogP contribution in [0.25, 0.3) is 0 Å². The summed E-state index contributed by atoms with van der Waals surface area (Å²) >= 11 is 0. The van der Waals surface area contributed by atoms with Gasteiger partial charge in [0.15, 0.2) is 0 Å². The smallest absolute Gasteiger partial charge is 0.223 e. The van der Waals surface area contributed by atoms with Crippen molar-refractivity contribution in [1.82, 2.24) is 19.6 Å². The molecule has 3 rings (SSSR count). The van der Waals surface area contributed by atoms with Crippen molar-refractivity contribution in [3.05, 3.63) is 0 Å². The third kappa shape index (κ3) is 4.89. The van der Waals surface area contributed by atoms with Gasteiger partial charge >= 0.3 is 0 Å². The maximum Gasteiger partial charge on any atom is 0.223 e. The lowest BCUT2D eigenvalue weighted by atomic mass is 10.0. The molecule has 3 aliphatic rings.